The van der Waals surface area contributed by atoms with Gasteiger partial charge in [-0.3, -0.25) is 4.79 Å². The molecule has 0 saturated carbocycles. The van der Waals surface area contributed by atoms with Crippen LogP contribution in [-0.4, -0.2) is 22.1 Å². The van der Waals surface area contributed by atoms with E-state index in [1.165, 1.54) is 0 Å². The number of thiophene rings is 1. The third kappa shape index (κ3) is 2.93. The van der Waals surface area contributed by atoms with Crippen molar-refractivity contribution in [2.45, 2.75) is 6.92 Å². The van der Waals surface area contributed by atoms with E-state index in [0.717, 1.165) is 21.5 Å². The molecule has 5 nitrogen and oxygen atoms in total. The van der Waals surface area contributed by atoms with Gasteiger partial charge in [0.05, 0.1) is 17.2 Å². The second-order valence-corrected chi connectivity index (χ2v) is 5.86. The summed E-state index contributed by atoms with van der Waals surface area (Å²) < 4.78 is 0.536. The van der Waals surface area contributed by atoms with Crippen molar-refractivity contribution >= 4 is 46.7 Å². The molecule has 0 bridgehead atoms. The van der Waals surface area contributed by atoms with Gasteiger partial charge in [0, 0.05) is 10.4 Å². The lowest BCUT2D eigenvalue weighted by Crippen LogP contribution is -2.17. The number of imidazole rings is 1. The maximum Gasteiger partial charge on any atom is 0.271 e. The molecule has 1 amide bonds. The minimum atomic E-state index is -0.261. The van der Waals surface area contributed by atoms with Gasteiger partial charge in [-0.15, -0.1) is 11.3 Å². The number of H-pyrrole nitrogens is 2. The van der Waals surface area contributed by atoms with Gasteiger partial charge in [-0.1, -0.05) is 0 Å². The Labute approximate surface area is 129 Å². The summed E-state index contributed by atoms with van der Waals surface area (Å²) >= 11 is 6.60. The highest BCUT2D eigenvalue weighted by molar-refractivity contribution is 7.71. The van der Waals surface area contributed by atoms with E-state index in [2.05, 4.69) is 20.5 Å². The Bertz CT molecular complexity index is 888. The minimum absolute atomic E-state index is 0.261. The molecule has 0 aliphatic rings. The first-order valence-corrected chi connectivity index (χ1v) is 7.52. The van der Waals surface area contributed by atoms with Gasteiger partial charge < -0.3 is 9.97 Å². The quantitative estimate of drug-likeness (QED) is 0.394. The van der Waals surface area contributed by atoms with E-state index in [9.17, 15) is 4.79 Å². The first-order valence-electron chi connectivity index (χ1n) is 6.23. The van der Waals surface area contributed by atoms with E-state index in [1.807, 2.05) is 24.4 Å². The Morgan fingerprint density at radius 1 is 1.33 bits per heavy atom. The summed E-state index contributed by atoms with van der Waals surface area (Å²) in [5, 5.41) is 5.97. The highest BCUT2D eigenvalue weighted by Crippen LogP contribution is 2.13. The van der Waals surface area contributed by atoms with Crippen LogP contribution < -0.4 is 5.43 Å². The average Bonchev–Trinajstić information content (AvgIpc) is 3.02. The first kappa shape index (κ1) is 13.7. The van der Waals surface area contributed by atoms with Crippen LogP contribution in [0.1, 0.15) is 20.8 Å². The molecule has 0 unspecified atom stereocenters. The van der Waals surface area contributed by atoms with Crippen LogP contribution in [0.25, 0.3) is 11.0 Å². The van der Waals surface area contributed by atoms with Gasteiger partial charge in [-0.05, 0) is 54.4 Å². The van der Waals surface area contributed by atoms with Crippen LogP contribution in [-0.2, 0) is 0 Å². The van der Waals surface area contributed by atoms with Crippen molar-refractivity contribution < 1.29 is 4.79 Å². The van der Waals surface area contributed by atoms with Gasteiger partial charge in [0.2, 0.25) is 0 Å². The maximum absolute atomic E-state index is 12.0. The standard InChI is InChI=1S/C14H12N4OS2/c1-8-4-5-21-12(8)7-15-18-13(19)9-2-3-10-11(6-9)17-14(20)16-10/h2-7H,1H3,(H,18,19)(H2,16,17,20)/b15-7-. The molecular weight excluding hydrogens is 304 g/mol. The van der Waals surface area contributed by atoms with Crippen LogP contribution >= 0.6 is 23.6 Å². The fourth-order valence-corrected chi connectivity index (χ4v) is 2.91. The summed E-state index contributed by atoms with van der Waals surface area (Å²) in [4.78, 5) is 19.0. The number of nitrogens with zero attached hydrogens (tertiary/aromatic N) is 1. The summed E-state index contributed by atoms with van der Waals surface area (Å²) in [5.41, 5.74) is 5.85. The van der Waals surface area contributed by atoms with Crippen LogP contribution in [0, 0.1) is 11.7 Å². The lowest BCUT2D eigenvalue weighted by molar-refractivity contribution is 0.0955. The number of hydrazone groups is 1. The number of fused-ring (bicyclic) bond motifs is 1. The molecule has 0 fully saturated rings. The molecule has 3 rings (SSSR count). The number of rotatable bonds is 3. The van der Waals surface area contributed by atoms with Gasteiger partial charge in [-0.2, -0.15) is 5.10 Å². The molecule has 0 radical (unpaired) electrons. The molecule has 2 heterocycles. The Balaban J connectivity index is 1.76. The number of benzene rings is 1. The van der Waals surface area contributed by atoms with Crippen LogP contribution in [0.4, 0.5) is 0 Å². The van der Waals surface area contributed by atoms with Crippen molar-refractivity contribution in [3.63, 3.8) is 0 Å². The van der Waals surface area contributed by atoms with Crippen molar-refractivity contribution in [3.05, 3.63) is 50.4 Å². The number of aryl methyl sites for hydroxylation is 1. The van der Waals surface area contributed by atoms with Gasteiger partial charge >= 0.3 is 0 Å². The molecule has 2 aromatic heterocycles. The van der Waals surface area contributed by atoms with Crippen molar-refractivity contribution in [1.82, 2.24) is 15.4 Å². The molecule has 0 spiro atoms. The third-order valence-corrected chi connectivity index (χ3v) is 4.19. The normalized spacial score (nSPS) is 11.3. The number of amides is 1. The summed E-state index contributed by atoms with van der Waals surface area (Å²) in [5.74, 6) is -0.261. The number of aromatic nitrogens is 2. The number of hydrogen-bond donors (Lipinski definition) is 3. The second kappa shape index (κ2) is 5.63. The molecule has 0 aliphatic heterocycles. The average molecular weight is 316 g/mol. The fraction of sp³-hybridized carbons (Fsp3) is 0.0714. The molecule has 0 atom stereocenters. The smallest absolute Gasteiger partial charge is 0.271 e. The molecule has 106 valence electrons. The van der Waals surface area contributed by atoms with E-state index >= 15 is 0 Å². The van der Waals surface area contributed by atoms with E-state index in [-0.39, 0.29) is 5.91 Å². The Morgan fingerprint density at radius 2 is 2.14 bits per heavy atom. The van der Waals surface area contributed by atoms with Crippen molar-refractivity contribution in [3.8, 4) is 0 Å². The van der Waals surface area contributed by atoms with Gasteiger partial charge in [0.1, 0.15) is 0 Å². The zero-order valence-electron chi connectivity index (χ0n) is 11.1. The fourth-order valence-electron chi connectivity index (χ4n) is 1.90. The van der Waals surface area contributed by atoms with E-state index < -0.39 is 0 Å². The maximum atomic E-state index is 12.0. The van der Waals surface area contributed by atoms with Crippen LogP contribution in [0.5, 0.6) is 0 Å². The van der Waals surface area contributed by atoms with E-state index in [1.54, 1.807) is 29.7 Å². The number of carbonyl (C=O) groups excluding carboxylic acids is 1. The number of hydrogen-bond acceptors (Lipinski definition) is 4. The molecule has 3 aromatic rings. The van der Waals surface area contributed by atoms with Gasteiger partial charge in [0.25, 0.3) is 5.91 Å². The number of carbonyl (C=O) groups is 1. The zero-order chi connectivity index (χ0) is 14.8. The number of aromatic amines is 2. The predicted molar refractivity (Wildman–Crippen MR) is 87.6 cm³/mol. The topological polar surface area (TPSA) is 73.0 Å². The predicted octanol–water partition coefficient (Wildman–Crippen LogP) is 3.36. The SMILES string of the molecule is Cc1ccsc1/C=N\NC(=O)c1ccc2[nH]c(=S)[nH]c2c1. The Hall–Kier alpha value is -2.25. The Kier molecular flexibility index (Phi) is 3.68. The zero-order valence-corrected chi connectivity index (χ0v) is 12.8. The highest BCUT2D eigenvalue weighted by atomic mass is 32.1. The monoisotopic (exact) mass is 316 g/mol. The van der Waals surface area contributed by atoms with Gasteiger partial charge in [-0.25, -0.2) is 5.43 Å². The van der Waals surface area contributed by atoms with Crippen molar-refractivity contribution in [2.24, 2.45) is 5.10 Å². The molecule has 0 aliphatic carbocycles. The van der Waals surface area contributed by atoms with Crippen LogP contribution in [0.15, 0.2) is 34.7 Å². The van der Waals surface area contributed by atoms with E-state index in [0.29, 0.717) is 10.3 Å². The lowest BCUT2D eigenvalue weighted by atomic mass is 10.2. The first-order chi connectivity index (χ1) is 10.1. The molecule has 1 aromatic carbocycles. The number of nitrogens with one attached hydrogen (secondary N) is 3. The van der Waals surface area contributed by atoms with Crippen molar-refractivity contribution in [1.29, 1.82) is 0 Å². The molecule has 0 saturated heterocycles. The molecular formula is C14H12N4OS2. The van der Waals surface area contributed by atoms with E-state index in [4.69, 9.17) is 12.2 Å². The largest absolute Gasteiger partial charge is 0.331 e. The Morgan fingerprint density at radius 3 is 2.90 bits per heavy atom. The summed E-state index contributed by atoms with van der Waals surface area (Å²) in [7, 11) is 0. The summed E-state index contributed by atoms with van der Waals surface area (Å²) in [6.07, 6.45) is 1.65. The molecule has 21 heavy (non-hydrogen) atoms. The van der Waals surface area contributed by atoms with Crippen LogP contribution in [0.2, 0.25) is 0 Å². The van der Waals surface area contributed by atoms with Crippen LogP contribution in [0.3, 0.4) is 0 Å². The second-order valence-electron chi connectivity index (χ2n) is 4.51. The minimum Gasteiger partial charge on any atom is -0.331 e. The lowest BCUT2D eigenvalue weighted by Gasteiger charge is -1.99. The van der Waals surface area contributed by atoms with Crippen molar-refractivity contribution in [2.75, 3.05) is 0 Å². The summed E-state index contributed by atoms with van der Waals surface area (Å²) in [6, 6.07) is 7.28. The molecule has 7 heteroatoms. The third-order valence-electron chi connectivity index (χ3n) is 3.03. The molecule has 3 N–H and O–H groups in total. The highest BCUT2D eigenvalue weighted by Gasteiger charge is 2.06. The van der Waals surface area contributed by atoms with Gasteiger partial charge in [0.15, 0.2) is 4.77 Å². The summed E-state index contributed by atoms with van der Waals surface area (Å²) in [6.45, 7) is 2.00.